The number of aromatic nitrogens is 2. The fourth-order valence-corrected chi connectivity index (χ4v) is 4.80. The first-order valence-electron chi connectivity index (χ1n) is 8.28. The lowest BCUT2D eigenvalue weighted by molar-refractivity contribution is 0.111. The van der Waals surface area contributed by atoms with Crippen molar-refractivity contribution in [3.05, 3.63) is 46.1 Å². The second-order valence-electron chi connectivity index (χ2n) is 6.45. The second-order valence-corrected chi connectivity index (χ2v) is 7.51. The van der Waals surface area contributed by atoms with Crippen molar-refractivity contribution >= 4 is 22.6 Å². The van der Waals surface area contributed by atoms with Gasteiger partial charge in [0, 0.05) is 16.1 Å². The van der Waals surface area contributed by atoms with Crippen LogP contribution < -0.4 is 0 Å². The van der Waals surface area contributed by atoms with Crippen LogP contribution in [-0.4, -0.2) is 15.7 Å². The maximum Gasteiger partial charge on any atom is 0.195 e. The van der Waals surface area contributed by atoms with E-state index in [2.05, 4.69) is 42.5 Å². The number of hydrogen-bond acceptors (Lipinski definition) is 3. The van der Waals surface area contributed by atoms with Crippen LogP contribution in [0.2, 0.25) is 0 Å². The molecule has 23 heavy (non-hydrogen) atoms. The van der Waals surface area contributed by atoms with Gasteiger partial charge in [0.1, 0.15) is 11.4 Å². The van der Waals surface area contributed by atoms with Gasteiger partial charge in [-0.15, -0.1) is 11.3 Å². The minimum absolute atomic E-state index is 0.705. The van der Waals surface area contributed by atoms with Crippen molar-refractivity contribution in [2.24, 2.45) is 5.92 Å². The van der Waals surface area contributed by atoms with Crippen molar-refractivity contribution in [3.63, 3.8) is 0 Å². The average Bonchev–Trinajstić information content (AvgIpc) is 3.09. The molecule has 0 radical (unpaired) electrons. The highest BCUT2D eigenvalue weighted by atomic mass is 32.1. The van der Waals surface area contributed by atoms with Crippen molar-refractivity contribution in [1.29, 1.82) is 0 Å². The molecule has 4 heteroatoms. The van der Waals surface area contributed by atoms with Crippen LogP contribution in [0.4, 0.5) is 0 Å². The van der Waals surface area contributed by atoms with E-state index in [1.165, 1.54) is 22.6 Å². The molecule has 0 saturated carbocycles. The molecular weight excluding hydrogens is 304 g/mol. The molecule has 1 atom stereocenters. The number of carbonyl (C=O) groups is 1. The molecule has 2 heterocycles. The Balaban J connectivity index is 1.87. The molecule has 2 aromatic heterocycles. The molecule has 1 aliphatic rings. The normalized spacial score (nSPS) is 17.4. The van der Waals surface area contributed by atoms with Crippen LogP contribution in [0.1, 0.15) is 46.9 Å². The summed E-state index contributed by atoms with van der Waals surface area (Å²) >= 11 is 1.75. The molecule has 3 aromatic rings. The molecule has 0 fully saturated rings. The van der Waals surface area contributed by atoms with E-state index in [0.717, 1.165) is 47.7 Å². The van der Waals surface area contributed by atoms with Crippen LogP contribution in [0.15, 0.2) is 24.3 Å². The number of aldehydes is 1. The number of benzene rings is 1. The summed E-state index contributed by atoms with van der Waals surface area (Å²) in [5.41, 5.74) is 5.15. The van der Waals surface area contributed by atoms with Gasteiger partial charge in [-0.2, -0.15) is 0 Å². The summed E-state index contributed by atoms with van der Waals surface area (Å²) in [5, 5.41) is 0. The van der Waals surface area contributed by atoms with Crippen molar-refractivity contribution in [3.8, 4) is 11.3 Å². The minimum Gasteiger partial charge on any atom is -0.296 e. The summed E-state index contributed by atoms with van der Waals surface area (Å²) in [6, 6.07) is 8.39. The predicted molar refractivity (Wildman–Crippen MR) is 94.5 cm³/mol. The maximum atomic E-state index is 11.8. The highest BCUT2D eigenvalue weighted by Crippen LogP contribution is 2.35. The monoisotopic (exact) mass is 324 g/mol. The Kier molecular flexibility index (Phi) is 3.57. The second kappa shape index (κ2) is 5.60. The van der Waals surface area contributed by atoms with Crippen LogP contribution in [0.25, 0.3) is 16.2 Å². The highest BCUT2D eigenvalue weighted by molar-refractivity contribution is 7.17. The Morgan fingerprint density at radius 2 is 2.13 bits per heavy atom. The molecule has 1 aromatic carbocycles. The van der Waals surface area contributed by atoms with Gasteiger partial charge in [0.25, 0.3) is 0 Å². The van der Waals surface area contributed by atoms with Crippen molar-refractivity contribution in [1.82, 2.24) is 9.38 Å². The third kappa shape index (κ3) is 2.32. The molecule has 0 aliphatic heterocycles. The van der Waals surface area contributed by atoms with Gasteiger partial charge in [0.15, 0.2) is 11.2 Å². The number of nitrogens with zero attached hydrogens (tertiary/aromatic N) is 2. The number of imidazole rings is 1. The summed E-state index contributed by atoms with van der Waals surface area (Å²) < 4.78 is 2.10. The largest absolute Gasteiger partial charge is 0.296 e. The van der Waals surface area contributed by atoms with Crippen LogP contribution in [0.5, 0.6) is 0 Å². The van der Waals surface area contributed by atoms with Crippen LogP contribution in [0.3, 0.4) is 0 Å². The lowest BCUT2D eigenvalue weighted by Crippen LogP contribution is -2.11. The molecule has 0 bridgehead atoms. The number of hydrogen-bond donors (Lipinski definition) is 0. The Labute approximate surface area is 140 Å². The van der Waals surface area contributed by atoms with Crippen LogP contribution >= 0.6 is 11.3 Å². The fraction of sp³-hybridized carbons (Fsp3) is 0.368. The van der Waals surface area contributed by atoms with E-state index < -0.39 is 0 Å². The lowest BCUT2D eigenvalue weighted by atomic mass is 9.93. The summed E-state index contributed by atoms with van der Waals surface area (Å²) in [7, 11) is 0. The van der Waals surface area contributed by atoms with Gasteiger partial charge >= 0.3 is 0 Å². The molecular formula is C19H20N2OS. The summed E-state index contributed by atoms with van der Waals surface area (Å²) in [4.78, 5) is 18.9. The quantitative estimate of drug-likeness (QED) is 0.662. The molecule has 118 valence electrons. The Bertz CT molecular complexity index is 873. The first-order chi connectivity index (χ1) is 11.2. The third-order valence-corrected chi connectivity index (χ3v) is 5.95. The predicted octanol–water partition coefficient (Wildman–Crippen LogP) is 4.56. The van der Waals surface area contributed by atoms with E-state index in [1.54, 1.807) is 11.3 Å². The van der Waals surface area contributed by atoms with Gasteiger partial charge in [0.2, 0.25) is 0 Å². The first-order valence-corrected chi connectivity index (χ1v) is 9.10. The molecule has 4 rings (SSSR count). The Hall–Kier alpha value is -1.94. The van der Waals surface area contributed by atoms with Crippen molar-refractivity contribution < 1.29 is 4.79 Å². The maximum absolute atomic E-state index is 11.8. The average molecular weight is 324 g/mol. The lowest BCUT2D eigenvalue weighted by Gasteiger charge is -2.17. The minimum atomic E-state index is 0.705. The zero-order valence-electron chi connectivity index (χ0n) is 13.5. The summed E-state index contributed by atoms with van der Waals surface area (Å²) in [5.74, 6) is 0.728. The first kappa shape index (κ1) is 14.6. The van der Waals surface area contributed by atoms with E-state index in [-0.39, 0.29) is 0 Å². The number of aryl methyl sites for hydroxylation is 2. The van der Waals surface area contributed by atoms with Gasteiger partial charge in [-0.3, -0.25) is 9.20 Å². The topological polar surface area (TPSA) is 34.4 Å². The Morgan fingerprint density at radius 3 is 2.83 bits per heavy atom. The van der Waals surface area contributed by atoms with Gasteiger partial charge in [-0.25, -0.2) is 4.98 Å². The van der Waals surface area contributed by atoms with Gasteiger partial charge in [-0.1, -0.05) is 38.1 Å². The smallest absolute Gasteiger partial charge is 0.195 e. The number of carbonyl (C=O) groups excluding carboxylic acids is 1. The molecule has 0 amide bonds. The molecule has 1 aliphatic carbocycles. The van der Waals surface area contributed by atoms with Gasteiger partial charge < -0.3 is 0 Å². The molecule has 1 unspecified atom stereocenters. The van der Waals surface area contributed by atoms with E-state index in [9.17, 15) is 4.79 Å². The van der Waals surface area contributed by atoms with Gasteiger partial charge in [0.05, 0.1) is 0 Å². The number of rotatable bonds is 3. The van der Waals surface area contributed by atoms with Crippen LogP contribution in [-0.2, 0) is 19.3 Å². The van der Waals surface area contributed by atoms with Crippen molar-refractivity contribution in [2.75, 3.05) is 0 Å². The number of thiazole rings is 1. The van der Waals surface area contributed by atoms with E-state index >= 15 is 0 Å². The summed E-state index contributed by atoms with van der Waals surface area (Å²) in [6.07, 6.45) is 5.33. The van der Waals surface area contributed by atoms with E-state index in [1.807, 2.05) is 0 Å². The highest BCUT2D eigenvalue weighted by Gasteiger charge is 2.25. The Morgan fingerprint density at radius 1 is 1.35 bits per heavy atom. The zero-order chi connectivity index (χ0) is 16.0. The van der Waals surface area contributed by atoms with E-state index in [4.69, 9.17) is 4.98 Å². The van der Waals surface area contributed by atoms with Gasteiger partial charge in [-0.05, 0) is 37.2 Å². The SMILES string of the molecule is CCc1ccc(-c2nc3sc4c(n3c2C=O)CCC(C)C4)cc1. The fourth-order valence-electron chi connectivity index (χ4n) is 3.47. The third-order valence-electron chi connectivity index (χ3n) is 4.84. The number of fused-ring (bicyclic) bond motifs is 3. The van der Waals surface area contributed by atoms with Crippen LogP contribution in [0, 0.1) is 5.92 Å². The molecule has 0 spiro atoms. The van der Waals surface area contributed by atoms with E-state index in [0.29, 0.717) is 5.69 Å². The molecule has 3 nitrogen and oxygen atoms in total. The van der Waals surface area contributed by atoms with Crippen molar-refractivity contribution in [2.45, 2.75) is 39.5 Å². The molecule has 0 N–H and O–H groups in total. The molecule has 0 saturated heterocycles. The standard InChI is InChI=1S/C19H20N2OS/c1-3-13-5-7-14(8-6-13)18-16(11-22)21-15-9-4-12(2)10-17(15)23-19(21)20-18/h5-8,11-12H,3-4,9-10H2,1-2H3. The zero-order valence-corrected chi connectivity index (χ0v) is 14.3. The summed E-state index contributed by atoms with van der Waals surface area (Å²) in [6.45, 7) is 4.44.